The van der Waals surface area contributed by atoms with Crippen molar-refractivity contribution in [2.45, 2.75) is 32.6 Å². The van der Waals surface area contributed by atoms with E-state index in [1.165, 1.54) is 34.1 Å². The molecule has 8 nitrogen and oxygen atoms in total. The number of nitrogens with zero attached hydrogens (tertiary/aromatic N) is 2. The maximum atomic E-state index is 11.3. The molecule has 0 fully saturated rings. The van der Waals surface area contributed by atoms with E-state index >= 15 is 0 Å². The quantitative estimate of drug-likeness (QED) is 0.513. The van der Waals surface area contributed by atoms with Crippen molar-refractivity contribution in [3.8, 4) is 0 Å². The van der Waals surface area contributed by atoms with Crippen molar-refractivity contribution in [1.29, 1.82) is 0 Å². The van der Waals surface area contributed by atoms with Gasteiger partial charge in [0.2, 0.25) is 0 Å². The van der Waals surface area contributed by atoms with Crippen molar-refractivity contribution in [3.05, 3.63) is 24.3 Å². The van der Waals surface area contributed by atoms with E-state index in [9.17, 15) is 19.2 Å². The van der Waals surface area contributed by atoms with Crippen LogP contribution in [0.15, 0.2) is 24.3 Å². The van der Waals surface area contributed by atoms with E-state index in [-0.39, 0.29) is 29.8 Å². The van der Waals surface area contributed by atoms with Crippen molar-refractivity contribution in [2.24, 2.45) is 5.73 Å². The van der Waals surface area contributed by atoms with Crippen LogP contribution in [0.2, 0.25) is 0 Å². The van der Waals surface area contributed by atoms with Gasteiger partial charge in [0.05, 0.1) is 0 Å². The van der Waals surface area contributed by atoms with Crippen molar-refractivity contribution < 1.29 is 19.2 Å². The highest BCUT2D eigenvalue weighted by atomic mass is 16.2. The molecule has 0 unspecified atom stereocenters. The number of carbonyl (C=O) groups excluding carboxylic acids is 4. The van der Waals surface area contributed by atoms with E-state index in [0.29, 0.717) is 25.9 Å². The molecule has 0 saturated carbocycles. The second-order valence-corrected chi connectivity index (χ2v) is 5.17. The highest BCUT2D eigenvalue weighted by Gasteiger charge is 2.23. The third-order valence-corrected chi connectivity index (χ3v) is 3.35. The molecule has 5 N–H and O–H groups in total. The van der Waals surface area contributed by atoms with E-state index in [1.54, 1.807) is 0 Å². The van der Waals surface area contributed by atoms with Crippen LogP contribution in [0, 0.1) is 0 Å². The molecule has 24 heavy (non-hydrogen) atoms. The lowest BCUT2D eigenvalue weighted by molar-refractivity contribution is -0.138. The number of amides is 4. The number of rotatable bonds is 7. The summed E-state index contributed by atoms with van der Waals surface area (Å²) in [5, 5.41) is 0. The highest BCUT2D eigenvalue weighted by Crippen LogP contribution is 2.09. The van der Waals surface area contributed by atoms with Gasteiger partial charge >= 0.3 is 0 Å². The zero-order chi connectivity index (χ0) is 17.2. The van der Waals surface area contributed by atoms with Gasteiger partial charge in [0.25, 0.3) is 23.6 Å². The van der Waals surface area contributed by atoms with Gasteiger partial charge in [-0.3, -0.25) is 29.0 Å². The van der Waals surface area contributed by atoms with E-state index in [4.69, 9.17) is 5.73 Å². The number of unbranched alkanes of at least 4 members (excludes halogenated alkanes) is 2. The van der Waals surface area contributed by atoms with Gasteiger partial charge in [0.15, 0.2) is 0 Å². The highest BCUT2D eigenvalue weighted by molar-refractivity contribution is 6.13. The van der Waals surface area contributed by atoms with Gasteiger partial charge in [-0.25, -0.2) is 0 Å². The standard InChI is InChI=1S/C13H14N2O4.C3H9N.H3N/c16-10-4-5-11(17)14(10)8-2-1-3-9-15-12(18)6-7-13(15)19;1-2-3-4;/h4-7H,1-3,8-9H2;2-4H2,1H3;1H3. The first-order chi connectivity index (χ1) is 11.0. The molecule has 0 bridgehead atoms. The zero-order valence-corrected chi connectivity index (χ0v) is 14.1. The molecule has 8 heteroatoms. The van der Waals surface area contributed by atoms with Crippen LogP contribution in [0.4, 0.5) is 0 Å². The van der Waals surface area contributed by atoms with Gasteiger partial charge in [-0.15, -0.1) is 0 Å². The number of imide groups is 2. The van der Waals surface area contributed by atoms with Gasteiger partial charge in [-0.05, 0) is 32.2 Å². The Kier molecular flexibility index (Phi) is 10.2. The average molecular weight is 338 g/mol. The topological polar surface area (TPSA) is 136 Å². The smallest absolute Gasteiger partial charge is 0.253 e. The molecule has 134 valence electrons. The summed E-state index contributed by atoms with van der Waals surface area (Å²) in [5.41, 5.74) is 5.03. The second-order valence-electron chi connectivity index (χ2n) is 5.17. The number of hydrogen-bond donors (Lipinski definition) is 2. The molecule has 4 amide bonds. The van der Waals surface area contributed by atoms with E-state index in [1.807, 2.05) is 0 Å². The monoisotopic (exact) mass is 338 g/mol. The molecule has 0 radical (unpaired) electrons. The van der Waals surface area contributed by atoms with Crippen LogP contribution >= 0.6 is 0 Å². The number of nitrogens with two attached hydrogens (primary N) is 1. The van der Waals surface area contributed by atoms with Crippen LogP contribution in [0.1, 0.15) is 32.6 Å². The van der Waals surface area contributed by atoms with E-state index in [0.717, 1.165) is 19.4 Å². The number of carbonyl (C=O) groups is 4. The largest absolute Gasteiger partial charge is 0.344 e. The van der Waals surface area contributed by atoms with Gasteiger partial charge in [-0.2, -0.15) is 0 Å². The van der Waals surface area contributed by atoms with Crippen LogP contribution in [0.5, 0.6) is 0 Å². The average Bonchev–Trinajstić information content (AvgIpc) is 3.03. The first kappa shape index (κ1) is 21.7. The summed E-state index contributed by atoms with van der Waals surface area (Å²) < 4.78 is 0. The molecule has 0 spiro atoms. The predicted octanol–water partition coefficient (Wildman–Crippen LogP) is 0.524. The molecule has 0 aromatic carbocycles. The Hall–Kier alpha value is -2.32. The van der Waals surface area contributed by atoms with Crippen molar-refractivity contribution >= 4 is 23.6 Å². The Labute approximate surface area is 141 Å². The minimum atomic E-state index is -0.279. The van der Waals surface area contributed by atoms with Crippen LogP contribution < -0.4 is 11.9 Å². The van der Waals surface area contributed by atoms with Gasteiger partial charge < -0.3 is 11.9 Å². The third kappa shape index (κ3) is 6.43. The molecular weight excluding hydrogens is 312 g/mol. The fourth-order valence-electron chi connectivity index (χ4n) is 2.02. The summed E-state index contributed by atoms with van der Waals surface area (Å²) in [4.78, 5) is 47.4. The summed E-state index contributed by atoms with van der Waals surface area (Å²) >= 11 is 0. The second kappa shape index (κ2) is 11.3. The molecule has 2 heterocycles. The van der Waals surface area contributed by atoms with Crippen LogP contribution in [-0.4, -0.2) is 53.1 Å². The van der Waals surface area contributed by atoms with E-state index < -0.39 is 0 Å². The minimum absolute atomic E-state index is 0. The van der Waals surface area contributed by atoms with Crippen LogP contribution in [-0.2, 0) is 19.2 Å². The summed E-state index contributed by atoms with van der Waals surface area (Å²) in [6.07, 6.45) is 8.22. The first-order valence-corrected chi connectivity index (χ1v) is 7.78. The molecular formula is C16H26N4O4. The molecule has 2 rings (SSSR count). The minimum Gasteiger partial charge on any atom is -0.344 e. The summed E-state index contributed by atoms with van der Waals surface area (Å²) in [7, 11) is 0. The molecule has 2 aliphatic heterocycles. The molecule has 0 saturated heterocycles. The lowest BCUT2D eigenvalue weighted by atomic mass is 10.2. The van der Waals surface area contributed by atoms with Crippen molar-refractivity contribution in [3.63, 3.8) is 0 Å². The zero-order valence-electron chi connectivity index (χ0n) is 14.1. The fourth-order valence-corrected chi connectivity index (χ4v) is 2.02. The predicted molar refractivity (Wildman–Crippen MR) is 89.9 cm³/mol. The summed E-state index contributed by atoms with van der Waals surface area (Å²) in [6.45, 7) is 3.63. The Morgan fingerprint density at radius 3 is 1.29 bits per heavy atom. The molecule has 0 atom stereocenters. The molecule has 2 aliphatic rings. The first-order valence-electron chi connectivity index (χ1n) is 7.78. The third-order valence-electron chi connectivity index (χ3n) is 3.35. The van der Waals surface area contributed by atoms with Crippen molar-refractivity contribution in [2.75, 3.05) is 19.6 Å². The van der Waals surface area contributed by atoms with Gasteiger partial charge in [0.1, 0.15) is 0 Å². The van der Waals surface area contributed by atoms with E-state index in [2.05, 4.69) is 6.92 Å². The maximum absolute atomic E-state index is 11.3. The Morgan fingerprint density at radius 2 is 1.04 bits per heavy atom. The van der Waals surface area contributed by atoms with Crippen LogP contribution in [0.3, 0.4) is 0 Å². The van der Waals surface area contributed by atoms with Crippen molar-refractivity contribution in [1.82, 2.24) is 16.0 Å². The van der Waals surface area contributed by atoms with Gasteiger partial charge in [0, 0.05) is 37.4 Å². The Balaban J connectivity index is 0.000000954. The number of hydrogen-bond acceptors (Lipinski definition) is 6. The lowest BCUT2D eigenvalue weighted by Gasteiger charge is -2.15. The molecule has 0 aromatic rings. The fraction of sp³-hybridized carbons (Fsp3) is 0.500. The van der Waals surface area contributed by atoms with Crippen LogP contribution in [0.25, 0.3) is 0 Å². The molecule has 0 aliphatic carbocycles. The SMILES string of the molecule is CCCN.N.O=C1C=CC(=O)N1CCCCCN1C(=O)C=CC1=O. The Bertz CT molecular complexity index is 446. The normalized spacial score (nSPS) is 15.8. The summed E-state index contributed by atoms with van der Waals surface area (Å²) in [6, 6.07) is 0. The Morgan fingerprint density at radius 1 is 0.750 bits per heavy atom. The molecule has 0 aromatic heterocycles. The summed E-state index contributed by atoms with van der Waals surface area (Å²) in [5.74, 6) is -1.11. The maximum Gasteiger partial charge on any atom is 0.253 e. The van der Waals surface area contributed by atoms with Gasteiger partial charge in [-0.1, -0.05) is 6.92 Å². The lowest BCUT2D eigenvalue weighted by Crippen LogP contribution is -2.32.